The van der Waals surface area contributed by atoms with Crippen LogP contribution in [0.15, 0.2) is 24.3 Å². The Bertz CT molecular complexity index is 560. The van der Waals surface area contributed by atoms with Gasteiger partial charge in [0.1, 0.15) is 12.4 Å². The van der Waals surface area contributed by atoms with Crippen molar-refractivity contribution in [3.8, 4) is 0 Å². The van der Waals surface area contributed by atoms with Gasteiger partial charge in [0.25, 0.3) is 0 Å². The Hall–Kier alpha value is -2.48. The van der Waals surface area contributed by atoms with E-state index in [0.717, 1.165) is 0 Å². The fourth-order valence-corrected chi connectivity index (χ4v) is 1.80. The predicted octanol–water partition coefficient (Wildman–Crippen LogP) is 0.0761. The molecule has 0 saturated carbocycles. The van der Waals surface area contributed by atoms with Crippen molar-refractivity contribution in [1.82, 2.24) is 10.2 Å². The highest BCUT2D eigenvalue weighted by atomic mass is 19.1. The maximum absolute atomic E-state index is 12.8. The summed E-state index contributed by atoms with van der Waals surface area (Å²) in [5.74, 6) is -1.66. The van der Waals surface area contributed by atoms with Crippen LogP contribution in [-0.2, 0) is 14.4 Å². The fourth-order valence-electron chi connectivity index (χ4n) is 1.80. The summed E-state index contributed by atoms with van der Waals surface area (Å²) in [4.78, 5) is 36.5. The number of nitrogens with one attached hydrogen (secondary N) is 2. The van der Waals surface area contributed by atoms with Crippen molar-refractivity contribution in [3.05, 3.63) is 30.1 Å². The highest BCUT2D eigenvalue weighted by Gasteiger charge is 2.20. The first-order chi connectivity index (χ1) is 10.8. The lowest BCUT2D eigenvalue weighted by molar-refractivity contribution is -0.136. The van der Waals surface area contributed by atoms with Crippen LogP contribution in [-0.4, -0.2) is 48.3 Å². The van der Waals surface area contributed by atoms with Gasteiger partial charge in [-0.05, 0) is 38.1 Å². The van der Waals surface area contributed by atoms with Crippen LogP contribution in [0.1, 0.15) is 13.8 Å². The summed E-state index contributed by atoms with van der Waals surface area (Å²) in [7, 11) is 0. The van der Waals surface area contributed by atoms with Gasteiger partial charge in [0, 0.05) is 11.7 Å². The highest BCUT2D eigenvalue weighted by Crippen LogP contribution is 2.08. The minimum atomic E-state index is -0.446. The number of hydrogen-bond donors (Lipinski definition) is 3. The number of carbonyl (C=O) groups excluding carboxylic acids is 3. The van der Waals surface area contributed by atoms with E-state index < -0.39 is 23.5 Å². The maximum Gasteiger partial charge on any atom is 0.244 e. The predicted molar refractivity (Wildman–Crippen MR) is 83.9 cm³/mol. The molecule has 1 aromatic rings. The average molecular weight is 324 g/mol. The van der Waals surface area contributed by atoms with E-state index >= 15 is 0 Å². The number of nitrogens with zero attached hydrogens (tertiary/aromatic N) is 1. The van der Waals surface area contributed by atoms with E-state index in [2.05, 4.69) is 10.6 Å². The van der Waals surface area contributed by atoms with Crippen molar-refractivity contribution in [2.45, 2.75) is 19.9 Å². The number of anilines is 1. The molecule has 8 heteroatoms. The normalized spacial score (nSPS) is 10.3. The molecule has 0 aromatic heterocycles. The van der Waals surface area contributed by atoms with E-state index in [9.17, 15) is 18.8 Å². The summed E-state index contributed by atoms with van der Waals surface area (Å²) in [6.07, 6.45) is 0. The van der Waals surface area contributed by atoms with E-state index in [1.807, 2.05) is 0 Å². The van der Waals surface area contributed by atoms with Gasteiger partial charge >= 0.3 is 0 Å². The van der Waals surface area contributed by atoms with E-state index in [4.69, 9.17) is 5.73 Å². The van der Waals surface area contributed by atoms with Crippen molar-refractivity contribution < 1.29 is 18.8 Å². The molecule has 7 nitrogen and oxygen atoms in total. The first kappa shape index (κ1) is 18.6. The van der Waals surface area contributed by atoms with Crippen LogP contribution in [0.25, 0.3) is 0 Å². The largest absolute Gasteiger partial charge is 0.346 e. The molecule has 0 spiro atoms. The molecule has 0 saturated heterocycles. The van der Waals surface area contributed by atoms with Gasteiger partial charge in [0.2, 0.25) is 17.7 Å². The minimum Gasteiger partial charge on any atom is -0.346 e. The fraction of sp³-hybridized carbons (Fsp3) is 0.400. The summed E-state index contributed by atoms with van der Waals surface area (Å²) in [5, 5.41) is 4.95. The summed E-state index contributed by atoms with van der Waals surface area (Å²) in [6.45, 7) is 2.91. The van der Waals surface area contributed by atoms with Crippen LogP contribution in [0, 0.1) is 5.82 Å². The summed E-state index contributed by atoms with van der Waals surface area (Å²) < 4.78 is 12.8. The lowest BCUT2D eigenvalue weighted by atomic mass is 10.2. The molecular weight excluding hydrogens is 303 g/mol. The number of amides is 3. The summed E-state index contributed by atoms with van der Waals surface area (Å²) in [6, 6.07) is 5.08. The molecule has 126 valence electrons. The van der Waals surface area contributed by atoms with Gasteiger partial charge in [-0.2, -0.15) is 0 Å². The topological polar surface area (TPSA) is 105 Å². The number of benzene rings is 1. The van der Waals surface area contributed by atoms with Crippen LogP contribution in [0.2, 0.25) is 0 Å². The van der Waals surface area contributed by atoms with Crippen molar-refractivity contribution >= 4 is 23.4 Å². The van der Waals surface area contributed by atoms with Crippen molar-refractivity contribution in [3.63, 3.8) is 0 Å². The van der Waals surface area contributed by atoms with Crippen LogP contribution in [0.3, 0.4) is 0 Å². The molecular formula is C15H21FN4O3. The molecule has 0 atom stereocenters. The van der Waals surface area contributed by atoms with Gasteiger partial charge in [-0.25, -0.2) is 4.39 Å². The van der Waals surface area contributed by atoms with E-state index in [0.29, 0.717) is 5.69 Å². The second-order valence-corrected chi connectivity index (χ2v) is 5.15. The highest BCUT2D eigenvalue weighted by molar-refractivity contribution is 5.95. The van der Waals surface area contributed by atoms with Gasteiger partial charge < -0.3 is 21.3 Å². The second kappa shape index (κ2) is 8.84. The molecule has 0 aliphatic heterocycles. The average Bonchev–Trinajstić information content (AvgIpc) is 2.51. The van der Waals surface area contributed by atoms with Crippen LogP contribution in [0.5, 0.6) is 0 Å². The summed E-state index contributed by atoms with van der Waals surface area (Å²) in [5.41, 5.74) is 5.58. The molecule has 1 aromatic carbocycles. The third-order valence-electron chi connectivity index (χ3n) is 3.01. The Morgan fingerprint density at radius 2 is 1.78 bits per heavy atom. The van der Waals surface area contributed by atoms with Crippen LogP contribution < -0.4 is 16.4 Å². The zero-order valence-corrected chi connectivity index (χ0v) is 13.1. The van der Waals surface area contributed by atoms with E-state index in [1.165, 1.54) is 29.2 Å². The first-order valence-electron chi connectivity index (χ1n) is 7.15. The molecule has 4 N–H and O–H groups in total. The van der Waals surface area contributed by atoms with Gasteiger partial charge in [0.15, 0.2) is 0 Å². The molecule has 23 heavy (non-hydrogen) atoms. The molecule has 0 aliphatic rings. The lowest BCUT2D eigenvalue weighted by Crippen LogP contribution is -2.47. The Labute approximate surface area is 134 Å². The number of carbonyl (C=O) groups is 3. The third kappa shape index (κ3) is 6.43. The van der Waals surface area contributed by atoms with E-state index in [1.54, 1.807) is 13.8 Å². The monoisotopic (exact) mass is 324 g/mol. The Balaban J connectivity index is 2.60. The Morgan fingerprint density at radius 3 is 2.30 bits per heavy atom. The van der Waals surface area contributed by atoms with Gasteiger partial charge in [-0.15, -0.1) is 0 Å². The lowest BCUT2D eigenvalue weighted by Gasteiger charge is -2.26. The third-order valence-corrected chi connectivity index (χ3v) is 3.01. The molecule has 0 fully saturated rings. The second-order valence-electron chi connectivity index (χ2n) is 5.15. The van der Waals surface area contributed by atoms with Crippen molar-refractivity contribution in [2.75, 3.05) is 25.0 Å². The van der Waals surface area contributed by atoms with E-state index in [-0.39, 0.29) is 25.7 Å². The number of rotatable bonds is 7. The molecule has 1 rings (SSSR count). The maximum atomic E-state index is 12.8. The van der Waals surface area contributed by atoms with Crippen LogP contribution in [0.4, 0.5) is 10.1 Å². The van der Waals surface area contributed by atoms with Gasteiger partial charge in [-0.3, -0.25) is 14.4 Å². The quantitative estimate of drug-likeness (QED) is 0.660. The van der Waals surface area contributed by atoms with Crippen LogP contribution >= 0.6 is 0 Å². The first-order valence-corrected chi connectivity index (χ1v) is 7.15. The number of nitrogens with two attached hydrogens (primary N) is 1. The molecule has 0 bridgehead atoms. The SMILES string of the molecule is CC(C)N(CC(=O)Nc1ccc(F)cc1)C(=O)CNC(=O)CN. The van der Waals surface area contributed by atoms with Crippen molar-refractivity contribution in [2.24, 2.45) is 5.73 Å². The standard InChI is InChI=1S/C15H21FN4O3/c1-10(2)20(15(23)8-18-13(21)7-17)9-14(22)19-12-5-3-11(16)4-6-12/h3-6,10H,7-9,17H2,1-2H3,(H,18,21)(H,19,22). The zero-order valence-electron chi connectivity index (χ0n) is 13.1. The smallest absolute Gasteiger partial charge is 0.244 e. The van der Waals surface area contributed by atoms with Gasteiger partial charge in [0.05, 0.1) is 13.1 Å². The minimum absolute atomic E-state index is 0.174. The summed E-state index contributed by atoms with van der Waals surface area (Å²) >= 11 is 0. The molecule has 0 heterocycles. The zero-order chi connectivity index (χ0) is 17.4. The molecule has 0 radical (unpaired) electrons. The molecule has 0 unspecified atom stereocenters. The Morgan fingerprint density at radius 1 is 1.17 bits per heavy atom. The van der Waals surface area contributed by atoms with Gasteiger partial charge in [-0.1, -0.05) is 0 Å². The van der Waals surface area contributed by atoms with Crippen molar-refractivity contribution in [1.29, 1.82) is 0 Å². The number of halogens is 1. The Kier molecular flexibility index (Phi) is 7.14. The molecule has 0 aliphatic carbocycles. The molecule has 3 amide bonds. The number of hydrogen-bond acceptors (Lipinski definition) is 4.